The predicted molar refractivity (Wildman–Crippen MR) is 59.9 cm³/mol. The number of nitrogens with one attached hydrogen (secondary N) is 1. The van der Waals surface area contributed by atoms with E-state index >= 15 is 0 Å². The molecule has 1 aliphatic rings. The first kappa shape index (κ1) is 11.7. The van der Waals surface area contributed by atoms with Gasteiger partial charge in [0.15, 0.2) is 0 Å². The number of carbonyl (C=O) groups is 1. The Morgan fingerprint density at radius 1 is 1.53 bits per heavy atom. The van der Waals surface area contributed by atoms with E-state index in [1.54, 1.807) is 6.07 Å². The molecule has 1 aliphatic heterocycles. The van der Waals surface area contributed by atoms with Gasteiger partial charge in [0, 0.05) is 18.5 Å². The van der Waals surface area contributed by atoms with Crippen LogP contribution in [0.3, 0.4) is 0 Å². The van der Waals surface area contributed by atoms with Crippen molar-refractivity contribution in [3.05, 3.63) is 29.1 Å². The van der Waals surface area contributed by atoms with E-state index in [0.29, 0.717) is 31.6 Å². The van der Waals surface area contributed by atoms with Gasteiger partial charge in [-0.2, -0.15) is 0 Å². The van der Waals surface area contributed by atoms with Gasteiger partial charge in [-0.05, 0) is 30.5 Å². The number of halogens is 1. The molecule has 1 amide bonds. The minimum atomic E-state index is -1.05. The lowest BCUT2D eigenvalue weighted by Gasteiger charge is -2.08. The third-order valence-electron chi connectivity index (χ3n) is 2.82. The average Bonchev–Trinajstić information content (AvgIpc) is 2.74. The van der Waals surface area contributed by atoms with E-state index in [0.717, 1.165) is 17.7 Å². The molecule has 2 N–H and O–H groups in total. The first-order valence-corrected chi connectivity index (χ1v) is 5.58. The van der Waals surface area contributed by atoms with Gasteiger partial charge in [-0.25, -0.2) is 9.18 Å². The number of hydrogen-bond acceptors (Lipinski definition) is 2. The van der Waals surface area contributed by atoms with Crippen LogP contribution in [0.25, 0.3) is 0 Å². The Hall–Kier alpha value is -1.78. The van der Waals surface area contributed by atoms with Crippen LogP contribution >= 0.6 is 0 Å². The van der Waals surface area contributed by atoms with Gasteiger partial charge in [0.2, 0.25) is 0 Å². The Morgan fingerprint density at radius 3 is 3.12 bits per heavy atom. The van der Waals surface area contributed by atoms with Crippen molar-refractivity contribution in [1.82, 2.24) is 5.32 Å². The fourth-order valence-electron chi connectivity index (χ4n) is 2.05. The van der Waals surface area contributed by atoms with Crippen molar-refractivity contribution in [2.45, 2.75) is 19.3 Å². The summed E-state index contributed by atoms with van der Waals surface area (Å²) in [6.45, 7) is 0.929. The number of ether oxygens (including phenoxy) is 1. The minimum absolute atomic E-state index is 0.232. The number of carboxylic acid groups (broad SMARTS) is 1. The number of benzene rings is 1. The largest absolute Gasteiger partial charge is 0.493 e. The highest BCUT2D eigenvalue weighted by molar-refractivity contribution is 5.64. The fraction of sp³-hybridized carbons (Fsp3) is 0.417. The second kappa shape index (κ2) is 5.03. The van der Waals surface area contributed by atoms with Gasteiger partial charge in [-0.1, -0.05) is 0 Å². The van der Waals surface area contributed by atoms with E-state index in [-0.39, 0.29) is 5.82 Å². The zero-order valence-electron chi connectivity index (χ0n) is 9.33. The first-order chi connectivity index (χ1) is 8.18. The monoisotopic (exact) mass is 239 g/mol. The molecule has 5 heteroatoms. The summed E-state index contributed by atoms with van der Waals surface area (Å²) in [5.41, 5.74) is 1.59. The van der Waals surface area contributed by atoms with Crippen LogP contribution in [0.15, 0.2) is 12.1 Å². The number of rotatable bonds is 4. The zero-order valence-corrected chi connectivity index (χ0v) is 9.33. The maximum atomic E-state index is 13.6. The van der Waals surface area contributed by atoms with Crippen LogP contribution in [0, 0.1) is 5.82 Å². The Balaban J connectivity index is 2.00. The second-order valence-electron chi connectivity index (χ2n) is 3.94. The number of amides is 1. The molecule has 0 unspecified atom stereocenters. The average molecular weight is 239 g/mol. The van der Waals surface area contributed by atoms with Crippen molar-refractivity contribution < 1.29 is 19.0 Å². The van der Waals surface area contributed by atoms with Crippen LogP contribution in [-0.2, 0) is 12.8 Å². The van der Waals surface area contributed by atoms with E-state index in [1.165, 1.54) is 6.07 Å². The summed E-state index contributed by atoms with van der Waals surface area (Å²) in [7, 11) is 0. The molecule has 92 valence electrons. The Bertz CT molecular complexity index is 434. The van der Waals surface area contributed by atoms with Crippen molar-refractivity contribution in [2.75, 3.05) is 13.2 Å². The van der Waals surface area contributed by atoms with E-state index < -0.39 is 6.09 Å². The standard InChI is InChI=1S/C12H14FNO3/c13-10-3-4-11-9(5-7-17-11)8(10)2-1-6-14-12(15)16/h3-4,14H,1-2,5-7H2,(H,15,16). The Kier molecular flexibility index (Phi) is 3.46. The number of hydrogen-bond donors (Lipinski definition) is 2. The van der Waals surface area contributed by atoms with Gasteiger partial charge in [-0.3, -0.25) is 0 Å². The maximum absolute atomic E-state index is 13.6. The highest BCUT2D eigenvalue weighted by atomic mass is 19.1. The molecule has 0 radical (unpaired) electrons. The molecule has 1 aromatic carbocycles. The van der Waals surface area contributed by atoms with Gasteiger partial charge in [-0.15, -0.1) is 0 Å². The van der Waals surface area contributed by atoms with E-state index in [9.17, 15) is 9.18 Å². The molecule has 0 spiro atoms. The molecule has 17 heavy (non-hydrogen) atoms. The topological polar surface area (TPSA) is 58.6 Å². The van der Waals surface area contributed by atoms with E-state index in [4.69, 9.17) is 9.84 Å². The molecular formula is C12H14FNO3. The van der Waals surface area contributed by atoms with Crippen LogP contribution in [0.5, 0.6) is 5.75 Å². The van der Waals surface area contributed by atoms with Gasteiger partial charge in [0.25, 0.3) is 0 Å². The van der Waals surface area contributed by atoms with Crippen LogP contribution in [0.2, 0.25) is 0 Å². The lowest BCUT2D eigenvalue weighted by molar-refractivity contribution is 0.194. The third-order valence-corrected chi connectivity index (χ3v) is 2.82. The summed E-state index contributed by atoms with van der Waals surface area (Å²) in [6.07, 6.45) is 0.791. The van der Waals surface area contributed by atoms with Gasteiger partial charge >= 0.3 is 6.09 Å². The van der Waals surface area contributed by atoms with Crippen molar-refractivity contribution >= 4 is 6.09 Å². The summed E-state index contributed by atoms with van der Waals surface area (Å²) >= 11 is 0. The molecule has 0 saturated heterocycles. The van der Waals surface area contributed by atoms with Gasteiger partial charge < -0.3 is 15.2 Å². The molecule has 1 heterocycles. The molecule has 0 atom stereocenters. The van der Waals surface area contributed by atoms with Crippen LogP contribution in [-0.4, -0.2) is 24.4 Å². The quantitative estimate of drug-likeness (QED) is 0.790. The molecule has 4 nitrogen and oxygen atoms in total. The summed E-state index contributed by atoms with van der Waals surface area (Å²) in [4.78, 5) is 10.3. The van der Waals surface area contributed by atoms with Crippen molar-refractivity contribution in [3.63, 3.8) is 0 Å². The first-order valence-electron chi connectivity index (χ1n) is 5.58. The molecule has 0 saturated carbocycles. The smallest absolute Gasteiger partial charge is 0.404 e. The zero-order chi connectivity index (χ0) is 12.3. The lowest BCUT2D eigenvalue weighted by atomic mass is 10.00. The molecular weight excluding hydrogens is 225 g/mol. The summed E-state index contributed by atoms with van der Waals surface area (Å²) in [5, 5.41) is 10.7. The fourth-order valence-corrected chi connectivity index (χ4v) is 2.05. The van der Waals surface area contributed by atoms with Gasteiger partial charge in [0.1, 0.15) is 11.6 Å². The maximum Gasteiger partial charge on any atom is 0.404 e. The molecule has 0 fully saturated rings. The van der Waals surface area contributed by atoms with Crippen molar-refractivity contribution in [2.24, 2.45) is 0 Å². The van der Waals surface area contributed by atoms with E-state index in [2.05, 4.69) is 5.32 Å². The summed E-state index contributed by atoms with van der Waals surface area (Å²) in [5.74, 6) is 0.525. The second-order valence-corrected chi connectivity index (χ2v) is 3.94. The SMILES string of the molecule is O=C(O)NCCCc1c(F)ccc2c1CCO2. The molecule has 0 aliphatic carbocycles. The Labute approximate surface area is 98.4 Å². The lowest BCUT2D eigenvalue weighted by Crippen LogP contribution is -2.22. The third kappa shape index (κ3) is 2.67. The van der Waals surface area contributed by atoms with Crippen molar-refractivity contribution in [1.29, 1.82) is 0 Å². The highest BCUT2D eigenvalue weighted by Gasteiger charge is 2.18. The molecule has 1 aromatic rings. The summed E-state index contributed by atoms with van der Waals surface area (Å²) < 4.78 is 19.0. The highest BCUT2D eigenvalue weighted by Crippen LogP contribution is 2.30. The summed E-state index contributed by atoms with van der Waals surface area (Å²) in [6, 6.07) is 3.06. The molecule has 2 rings (SSSR count). The van der Waals surface area contributed by atoms with Crippen LogP contribution in [0.4, 0.5) is 9.18 Å². The van der Waals surface area contributed by atoms with Crippen LogP contribution < -0.4 is 10.1 Å². The molecule has 0 bridgehead atoms. The Morgan fingerprint density at radius 2 is 2.35 bits per heavy atom. The normalized spacial score (nSPS) is 13.0. The van der Waals surface area contributed by atoms with E-state index in [1.807, 2.05) is 0 Å². The van der Waals surface area contributed by atoms with Crippen molar-refractivity contribution in [3.8, 4) is 5.75 Å². The molecule has 0 aromatic heterocycles. The van der Waals surface area contributed by atoms with Gasteiger partial charge in [0.05, 0.1) is 6.61 Å². The predicted octanol–water partition coefficient (Wildman–Crippen LogP) is 1.96. The van der Waals surface area contributed by atoms with Crippen LogP contribution in [0.1, 0.15) is 17.5 Å². The number of fused-ring (bicyclic) bond motifs is 1. The minimum Gasteiger partial charge on any atom is -0.493 e.